The van der Waals surface area contributed by atoms with Crippen LogP contribution in [-0.4, -0.2) is 15.8 Å². The summed E-state index contributed by atoms with van der Waals surface area (Å²) in [5.74, 6) is 0. The van der Waals surface area contributed by atoms with Crippen LogP contribution in [0.2, 0.25) is 0 Å². The van der Waals surface area contributed by atoms with E-state index in [1.165, 1.54) is 0 Å². The lowest BCUT2D eigenvalue weighted by atomic mass is 9.66. The van der Waals surface area contributed by atoms with Crippen LogP contribution in [-0.2, 0) is 12.0 Å². The highest BCUT2D eigenvalue weighted by molar-refractivity contribution is 5.46. The maximum atomic E-state index is 11.3. The lowest BCUT2D eigenvalue weighted by molar-refractivity contribution is -0.132. The Morgan fingerprint density at radius 2 is 1.53 bits per heavy atom. The minimum absolute atomic E-state index is 0.551. The van der Waals surface area contributed by atoms with Crippen LogP contribution in [0.1, 0.15) is 30.0 Å². The third kappa shape index (κ3) is 1.71. The molecule has 0 saturated heterocycles. The third-order valence-electron chi connectivity index (χ3n) is 4.26. The van der Waals surface area contributed by atoms with Crippen LogP contribution in [0.4, 0.5) is 0 Å². The van der Waals surface area contributed by atoms with E-state index >= 15 is 0 Å². The van der Waals surface area contributed by atoms with Crippen molar-refractivity contribution in [1.29, 1.82) is 0 Å². The van der Waals surface area contributed by atoms with Gasteiger partial charge in [-0.05, 0) is 36.5 Å². The van der Waals surface area contributed by atoms with Crippen molar-refractivity contribution in [2.24, 2.45) is 0 Å². The van der Waals surface area contributed by atoms with Crippen LogP contribution < -0.4 is 0 Å². The fraction of sp³-hybridized carbons (Fsp3) is 0.294. The van der Waals surface area contributed by atoms with Gasteiger partial charge in [-0.15, -0.1) is 0 Å². The molecule has 2 atom stereocenters. The lowest BCUT2D eigenvalue weighted by Crippen LogP contribution is -2.53. The molecule has 0 fully saturated rings. The average Bonchev–Trinajstić information content (AvgIpc) is 2.44. The molecule has 2 aromatic carbocycles. The van der Waals surface area contributed by atoms with Gasteiger partial charge < -0.3 is 10.2 Å². The van der Waals surface area contributed by atoms with Gasteiger partial charge in [0.05, 0.1) is 5.60 Å². The van der Waals surface area contributed by atoms with E-state index < -0.39 is 11.2 Å². The van der Waals surface area contributed by atoms with E-state index in [1.807, 2.05) is 54.6 Å². The van der Waals surface area contributed by atoms with Gasteiger partial charge in [0.1, 0.15) is 5.60 Å². The lowest BCUT2D eigenvalue weighted by Gasteiger charge is -2.46. The Morgan fingerprint density at radius 1 is 0.895 bits per heavy atom. The van der Waals surface area contributed by atoms with Crippen molar-refractivity contribution in [2.45, 2.75) is 31.0 Å². The number of benzene rings is 2. The number of hydrogen-bond acceptors (Lipinski definition) is 2. The Hall–Kier alpha value is -1.64. The van der Waals surface area contributed by atoms with Crippen molar-refractivity contribution in [2.75, 3.05) is 0 Å². The molecule has 1 aliphatic carbocycles. The molecule has 0 aromatic heterocycles. The van der Waals surface area contributed by atoms with Gasteiger partial charge in [0, 0.05) is 0 Å². The van der Waals surface area contributed by atoms with Gasteiger partial charge in [0.15, 0.2) is 0 Å². The number of rotatable bonds is 1. The zero-order chi connectivity index (χ0) is 13.5. The molecule has 1 aliphatic rings. The first-order chi connectivity index (χ1) is 9.06. The number of hydrogen-bond donors (Lipinski definition) is 2. The average molecular weight is 254 g/mol. The SMILES string of the molecule is C[C@@]1(O)CCc2ccccc2[C@@]1(O)c1ccccc1. The topological polar surface area (TPSA) is 40.5 Å². The van der Waals surface area contributed by atoms with Crippen molar-refractivity contribution in [3.63, 3.8) is 0 Å². The van der Waals surface area contributed by atoms with Gasteiger partial charge in [0.25, 0.3) is 0 Å². The van der Waals surface area contributed by atoms with E-state index in [4.69, 9.17) is 0 Å². The van der Waals surface area contributed by atoms with E-state index in [2.05, 4.69) is 0 Å². The molecule has 0 aliphatic heterocycles. The van der Waals surface area contributed by atoms with Gasteiger partial charge in [-0.3, -0.25) is 0 Å². The second kappa shape index (κ2) is 4.19. The molecule has 0 spiro atoms. The van der Waals surface area contributed by atoms with Crippen molar-refractivity contribution in [3.05, 3.63) is 71.3 Å². The summed E-state index contributed by atoms with van der Waals surface area (Å²) in [5.41, 5.74) is 0.163. The molecule has 19 heavy (non-hydrogen) atoms. The quantitative estimate of drug-likeness (QED) is 0.821. The van der Waals surface area contributed by atoms with E-state index in [-0.39, 0.29) is 0 Å². The molecule has 2 heteroatoms. The molecular weight excluding hydrogens is 236 g/mol. The minimum atomic E-state index is -1.34. The Morgan fingerprint density at radius 3 is 2.26 bits per heavy atom. The van der Waals surface area contributed by atoms with E-state index in [1.54, 1.807) is 6.92 Å². The normalized spacial score (nSPS) is 29.8. The van der Waals surface area contributed by atoms with Gasteiger partial charge in [-0.25, -0.2) is 0 Å². The standard InChI is InChI=1S/C17H18O2/c1-16(18)12-11-13-7-5-6-10-15(13)17(16,19)14-8-3-2-4-9-14/h2-10,18-19H,11-12H2,1H3/t16-,17+/m1/s1. The van der Waals surface area contributed by atoms with Crippen molar-refractivity contribution >= 4 is 0 Å². The van der Waals surface area contributed by atoms with Crippen LogP contribution in [0.15, 0.2) is 54.6 Å². The molecular formula is C17H18O2. The number of fused-ring (bicyclic) bond motifs is 1. The zero-order valence-corrected chi connectivity index (χ0v) is 11.0. The molecule has 3 rings (SSSR count). The highest BCUT2D eigenvalue weighted by Gasteiger charge is 2.51. The summed E-state index contributed by atoms with van der Waals surface area (Å²) in [6.07, 6.45) is 1.34. The molecule has 0 amide bonds. The predicted molar refractivity (Wildman–Crippen MR) is 74.8 cm³/mol. The summed E-state index contributed by atoms with van der Waals surface area (Å²) in [6.45, 7) is 1.72. The highest BCUT2D eigenvalue weighted by Crippen LogP contribution is 2.46. The summed E-state index contributed by atoms with van der Waals surface area (Å²) in [4.78, 5) is 0. The van der Waals surface area contributed by atoms with Crippen LogP contribution in [0.25, 0.3) is 0 Å². The fourth-order valence-electron chi connectivity index (χ4n) is 3.09. The van der Waals surface area contributed by atoms with E-state index in [0.29, 0.717) is 6.42 Å². The second-order valence-corrected chi connectivity index (χ2v) is 5.51. The third-order valence-corrected chi connectivity index (χ3v) is 4.26. The zero-order valence-electron chi connectivity index (χ0n) is 11.0. The first-order valence-corrected chi connectivity index (χ1v) is 6.64. The van der Waals surface area contributed by atoms with Crippen LogP contribution in [0, 0.1) is 0 Å². The van der Waals surface area contributed by atoms with Gasteiger partial charge in [-0.1, -0.05) is 54.6 Å². The molecule has 0 unspecified atom stereocenters. The smallest absolute Gasteiger partial charge is 0.143 e. The second-order valence-electron chi connectivity index (χ2n) is 5.51. The molecule has 2 nitrogen and oxygen atoms in total. The molecule has 98 valence electrons. The Bertz CT molecular complexity index is 589. The van der Waals surface area contributed by atoms with Gasteiger partial charge in [0.2, 0.25) is 0 Å². The minimum Gasteiger partial charge on any atom is -0.386 e. The van der Waals surface area contributed by atoms with Crippen molar-refractivity contribution < 1.29 is 10.2 Å². The summed E-state index contributed by atoms with van der Waals surface area (Å²) in [6, 6.07) is 17.3. The van der Waals surface area contributed by atoms with E-state index in [9.17, 15) is 10.2 Å². The molecule has 2 N–H and O–H groups in total. The summed E-state index contributed by atoms with van der Waals surface area (Å²) in [5, 5.41) is 22.0. The first kappa shape index (κ1) is 12.4. The fourth-order valence-corrected chi connectivity index (χ4v) is 3.09. The maximum absolute atomic E-state index is 11.3. The maximum Gasteiger partial charge on any atom is 0.143 e. The molecule has 0 radical (unpaired) electrons. The van der Waals surface area contributed by atoms with Crippen LogP contribution in [0.3, 0.4) is 0 Å². The summed E-state index contributed by atoms with van der Waals surface area (Å²) in [7, 11) is 0. The summed E-state index contributed by atoms with van der Waals surface area (Å²) < 4.78 is 0. The van der Waals surface area contributed by atoms with Crippen molar-refractivity contribution in [3.8, 4) is 0 Å². The Balaban J connectivity index is 2.27. The number of aliphatic hydroxyl groups is 2. The summed E-state index contributed by atoms with van der Waals surface area (Å²) >= 11 is 0. The first-order valence-electron chi connectivity index (χ1n) is 6.64. The van der Waals surface area contributed by atoms with Crippen LogP contribution in [0.5, 0.6) is 0 Å². The monoisotopic (exact) mass is 254 g/mol. The van der Waals surface area contributed by atoms with Crippen LogP contribution >= 0.6 is 0 Å². The molecule has 2 aromatic rings. The van der Waals surface area contributed by atoms with Gasteiger partial charge in [-0.2, -0.15) is 0 Å². The Labute approximate surface area is 113 Å². The largest absolute Gasteiger partial charge is 0.386 e. The Kier molecular flexibility index (Phi) is 2.73. The van der Waals surface area contributed by atoms with E-state index in [0.717, 1.165) is 23.1 Å². The number of aryl methyl sites for hydroxylation is 1. The van der Waals surface area contributed by atoms with Gasteiger partial charge >= 0.3 is 0 Å². The predicted octanol–water partition coefficient (Wildman–Crippen LogP) is 2.62. The molecule has 0 heterocycles. The van der Waals surface area contributed by atoms with Crippen molar-refractivity contribution in [1.82, 2.24) is 0 Å². The molecule has 0 saturated carbocycles. The highest BCUT2D eigenvalue weighted by atomic mass is 16.4. The molecule has 0 bridgehead atoms.